The maximum absolute atomic E-state index is 11.1. The molecule has 1 aliphatic heterocycles. The third kappa shape index (κ3) is 1.69. The molecule has 0 bridgehead atoms. The largest absolute Gasteiger partial charge is 0.272 e. The van der Waals surface area contributed by atoms with Gasteiger partial charge in [0, 0.05) is 23.9 Å². The van der Waals surface area contributed by atoms with Crippen LogP contribution in [0.3, 0.4) is 0 Å². The summed E-state index contributed by atoms with van der Waals surface area (Å²) in [7, 11) is 0. The van der Waals surface area contributed by atoms with Gasteiger partial charge in [-0.05, 0) is 13.2 Å². The van der Waals surface area contributed by atoms with E-state index in [2.05, 4.69) is 0 Å². The van der Waals surface area contributed by atoms with Crippen molar-refractivity contribution >= 4 is 23.6 Å². The van der Waals surface area contributed by atoms with Crippen molar-refractivity contribution < 1.29 is 9.59 Å². The number of thioether (sulfide) groups is 1. The molecule has 0 aliphatic carbocycles. The Balaban J connectivity index is 2.63. The second kappa shape index (κ2) is 3.76. The first-order valence-electron chi connectivity index (χ1n) is 3.71. The Morgan fingerprint density at radius 1 is 1.42 bits per heavy atom. The Hall–Kier alpha value is -0.770. The molecule has 0 aromatic rings. The van der Waals surface area contributed by atoms with Gasteiger partial charge < -0.3 is 0 Å². The van der Waals surface area contributed by atoms with E-state index in [-0.39, 0.29) is 17.9 Å². The van der Waals surface area contributed by atoms with Gasteiger partial charge in [-0.25, -0.2) is 0 Å². The van der Waals surface area contributed by atoms with Gasteiger partial charge in [0.15, 0.2) is 0 Å². The molecule has 4 heteroatoms. The molecule has 0 spiro atoms. The zero-order chi connectivity index (χ0) is 9.14. The summed E-state index contributed by atoms with van der Waals surface area (Å²) in [4.78, 5) is 23.5. The molecular weight excluding hydrogens is 174 g/mol. The van der Waals surface area contributed by atoms with Gasteiger partial charge in [-0.1, -0.05) is 0 Å². The third-order valence-corrected chi connectivity index (χ3v) is 2.51. The average molecular weight is 185 g/mol. The van der Waals surface area contributed by atoms with Gasteiger partial charge >= 0.3 is 0 Å². The lowest BCUT2D eigenvalue weighted by Gasteiger charge is -2.21. The van der Waals surface area contributed by atoms with Gasteiger partial charge in [-0.15, -0.1) is 0 Å². The summed E-state index contributed by atoms with van der Waals surface area (Å²) in [5.74, 6) is 0.405. The topological polar surface area (TPSA) is 37.4 Å². The highest BCUT2D eigenvalue weighted by molar-refractivity contribution is 7.98. The molecule has 0 fully saturated rings. The second-order valence-corrected chi connectivity index (χ2v) is 3.59. The van der Waals surface area contributed by atoms with Crippen LogP contribution in [0.2, 0.25) is 0 Å². The van der Waals surface area contributed by atoms with E-state index in [0.717, 1.165) is 5.75 Å². The lowest BCUT2D eigenvalue weighted by Crippen LogP contribution is -2.39. The van der Waals surface area contributed by atoms with E-state index in [0.29, 0.717) is 0 Å². The van der Waals surface area contributed by atoms with Crippen LogP contribution in [0.15, 0.2) is 12.2 Å². The molecule has 1 atom stereocenters. The van der Waals surface area contributed by atoms with Gasteiger partial charge in [0.2, 0.25) is 0 Å². The molecule has 2 amide bonds. The number of hydrogen-bond donors (Lipinski definition) is 0. The van der Waals surface area contributed by atoms with E-state index in [1.165, 1.54) is 17.1 Å². The third-order valence-electron chi connectivity index (χ3n) is 1.69. The predicted octanol–water partition coefficient (Wildman–Crippen LogP) is 0.663. The fourth-order valence-electron chi connectivity index (χ4n) is 1.16. The van der Waals surface area contributed by atoms with Crippen LogP contribution in [-0.2, 0) is 9.59 Å². The van der Waals surface area contributed by atoms with Gasteiger partial charge in [-0.2, -0.15) is 11.8 Å². The highest BCUT2D eigenvalue weighted by Gasteiger charge is 2.27. The van der Waals surface area contributed by atoms with E-state index in [4.69, 9.17) is 0 Å². The SMILES string of the molecule is CSCC(C)N1C(=O)C=CC1=O. The van der Waals surface area contributed by atoms with Crippen molar-refractivity contribution in [3.63, 3.8) is 0 Å². The van der Waals surface area contributed by atoms with Crippen molar-refractivity contribution in [3.8, 4) is 0 Å². The predicted molar refractivity (Wildman–Crippen MR) is 48.8 cm³/mol. The first-order chi connectivity index (χ1) is 5.66. The van der Waals surface area contributed by atoms with E-state index >= 15 is 0 Å². The Bertz CT molecular complexity index is 219. The van der Waals surface area contributed by atoms with Gasteiger partial charge in [0.05, 0.1) is 0 Å². The highest BCUT2D eigenvalue weighted by Crippen LogP contribution is 2.11. The molecule has 0 aromatic carbocycles. The lowest BCUT2D eigenvalue weighted by molar-refractivity contribution is -0.138. The number of amides is 2. The molecule has 0 saturated heterocycles. The van der Waals surface area contributed by atoms with E-state index in [1.54, 1.807) is 11.8 Å². The first-order valence-corrected chi connectivity index (χ1v) is 5.10. The smallest absolute Gasteiger partial charge is 0.253 e. The molecule has 0 saturated carbocycles. The standard InChI is InChI=1S/C8H11NO2S/c1-6(5-12-2)9-7(10)3-4-8(9)11/h3-4,6H,5H2,1-2H3. The highest BCUT2D eigenvalue weighted by atomic mass is 32.2. The molecule has 0 N–H and O–H groups in total. The fourth-order valence-corrected chi connectivity index (χ4v) is 1.79. The summed E-state index contributed by atoms with van der Waals surface area (Å²) >= 11 is 1.63. The minimum atomic E-state index is -0.193. The zero-order valence-electron chi connectivity index (χ0n) is 7.11. The molecule has 1 rings (SSSR count). The molecule has 66 valence electrons. The van der Waals surface area contributed by atoms with Crippen LogP contribution in [0.1, 0.15) is 6.92 Å². The fraction of sp³-hybridized carbons (Fsp3) is 0.500. The van der Waals surface area contributed by atoms with Gasteiger partial charge in [0.1, 0.15) is 0 Å². The van der Waals surface area contributed by atoms with E-state index < -0.39 is 0 Å². The monoisotopic (exact) mass is 185 g/mol. The Morgan fingerprint density at radius 2 is 1.92 bits per heavy atom. The minimum absolute atomic E-state index is 0.00463. The summed E-state index contributed by atoms with van der Waals surface area (Å²) in [5.41, 5.74) is 0. The summed E-state index contributed by atoms with van der Waals surface area (Å²) in [6.07, 6.45) is 4.59. The van der Waals surface area contributed by atoms with Crippen LogP contribution in [0.5, 0.6) is 0 Å². The zero-order valence-corrected chi connectivity index (χ0v) is 7.93. The van der Waals surface area contributed by atoms with Gasteiger partial charge in [-0.3, -0.25) is 14.5 Å². The summed E-state index contributed by atoms with van der Waals surface area (Å²) in [5, 5.41) is 0. The van der Waals surface area contributed by atoms with Gasteiger partial charge in [0.25, 0.3) is 11.8 Å². The molecule has 3 nitrogen and oxygen atoms in total. The number of rotatable bonds is 3. The maximum Gasteiger partial charge on any atom is 0.253 e. The van der Waals surface area contributed by atoms with Crippen molar-refractivity contribution in [1.29, 1.82) is 0 Å². The van der Waals surface area contributed by atoms with Crippen LogP contribution in [0.4, 0.5) is 0 Å². The molecule has 1 unspecified atom stereocenters. The number of nitrogens with zero attached hydrogens (tertiary/aromatic N) is 1. The molecule has 1 aliphatic rings. The summed E-state index contributed by atoms with van der Waals surface area (Å²) in [6.45, 7) is 1.87. The minimum Gasteiger partial charge on any atom is -0.272 e. The lowest BCUT2D eigenvalue weighted by atomic mass is 10.3. The molecular formula is C8H11NO2S. The number of imide groups is 1. The number of carbonyl (C=O) groups is 2. The van der Waals surface area contributed by atoms with Crippen molar-refractivity contribution in [2.45, 2.75) is 13.0 Å². The molecule has 0 radical (unpaired) electrons. The van der Waals surface area contributed by atoms with Crippen LogP contribution < -0.4 is 0 Å². The Kier molecular flexibility index (Phi) is 2.92. The van der Waals surface area contributed by atoms with E-state index in [9.17, 15) is 9.59 Å². The Morgan fingerprint density at radius 3 is 2.33 bits per heavy atom. The number of hydrogen-bond acceptors (Lipinski definition) is 3. The van der Waals surface area contributed by atoms with Crippen LogP contribution in [0.25, 0.3) is 0 Å². The second-order valence-electron chi connectivity index (χ2n) is 2.68. The van der Waals surface area contributed by atoms with Crippen molar-refractivity contribution in [2.75, 3.05) is 12.0 Å². The van der Waals surface area contributed by atoms with Crippen molar-refractivity contribution in [2.24, 2.45) is 0 Å². The van der Waals surface area contributed by atoms with Crippen molar-refractivity contribution in [1.82, 2.24) is 4.90 Å². The molecule has 1 heterocycles. The molecule has 12 heavy (non-hydrogen) atoms. The maximum atomic E-state index is 11.1. The average Bonchev–Trinajstić information content (AvgIpc) is 2.32. The summed E-state index contributed by atoms with van der Waals surface area (Å²) < 4.78 is 0. The quantitative estimate of drug-likeness (QED) is 0.606. The van der Waals surface area contributed by atoms with Crippen LogP contribution in [-0.4, -0.2) is 34.8 Å². The van der Waals surface area contributed by atoms with Crippen LogP contribution in [0, 0.1) is 0 Å². The van der Waals surface area contributed by atoms with Crippen molar-refractivity contribution in [3.05, 3.63) is 12.2 Å². The van der Waals surface area contributed by atoms with E-state index in [1.807, 2.05) is 13.2 Å². The molecule has 0 aromatic heterocycles. The first kappa shape index (κ1) is 9.32. The Labute approximate surface area is 75.8 Å². The normalized spacial score (nSPS) is 19.0. The van der Waals surface area contributed by atoms with Crippen LogP contribution >= 0.6 is 11.8 Å². The number of carbonyl (C=O) groups excluding carboxylic acids is 2. The summed E-state index contributed by atoms with van der Waals surface area (Å²) in [6, 6.07) is -0.00463.